The number of phenols is 1. The molecule has 1 atom stereocenters. The molecule has 1 aliphatic carbocycles. The van der Waals surface area contributed by atoms with Crippen molar-refractivity contribution >= 4 is 16.9 Å². The highest BCUT2D eigenvalue weighted by Crippen LogP contribution is 2.42. The molecule has 0 radical (unpaired) electrons. The maximum absolute atomic E-state index is 14.1. The Labute approximate surface area is 185 Å². The lowest BCUT2D eigenvalue weighted by Crippen LogP contribution is -2.14. The third-order valence-electron chi connectivity index (χ3n) is 6.24. The molecule has 0 aliphatic heterocycles. The molecule has 0 bridgehead atoms. The Morgan fingerprint density at radius 2 is 2.00 bits per heavy atom. The molecular weight excluding hydrogens is 405 g/mol. The molecule has 1 saturated carbocycles. The van der Waals surface area contributed by atoms with Crippen molar-refractivity contribution in [2.24, 2.45) is 0 Å². The summed E-state index contributed by atoms with van der Waals surface area (Å²) in [5.74, 6) is 0.209. The highest BCUT2D eigenvalue weighted by atomic mass is 19.1. The Morgan fingerprint density at radius 3 is 2.72 bits per heavy atom. The summed E-state index contributed by atoms with van der Waals surface area (Å²) in [6, 6.07) is 10.6. The number of anilines is 1. The number of aryl methyl sites for hydroxylation is 1. The van der Waals surface area contributed by atoms with E-state index < -0.39 is 5.82 Å². The third kappa shape index (κ3) is 3.57. The molecule has 2 aromatic heterocycles. The minimum Gasteiger partial charge on any atom is -0.508 e. The van der Waals surface area contributed by atoms with Crippen molar-refractivity contribution in [2.45, 2.75) is 51.5 Å². The lowest BCUT2D eigenvalue weighted by molar-refractivity contribution is 0.469. The van der Waals surface area contributed by atoms with E-state index in [0.29, 0.717) is 28.2 Å². The highest BCUT2D eigenvalue weighted by Gasteiger charge is 2.27. The zero-order valence-electron chi connectivity index (χ0n) is 18.2. The number of hydrogen-bond acceptors (Lipinski definition) is 5. The van der Waals surface area contributed by atoms with Gasteiger partial charge in [0.1, 0.15) is 29.4 Å². The fourth-order valence-corrected chi connectivity index (χ4v) is 4.50. The molecule has 164 valence electrons. The van der Waals surface area contributed by atoms with Gasteiger partial charge < -0.3 is 10.8 Å². The number of nitrogens with two attached hydrogens (primary N) is 1. The molecule has 3 N–H and O–H groups in total. The van der Waals surface area contributed by atoms with E-state index in [1.807, 2.05) is 4.68 Å². The molecular formula is C25H26FN5O. The summed E-state index contributed by atoms with van der Waals surface area (Å²) in [7, 11) is 0. The molecule has 1 unspecified atom stereocenters. The molecule has 1 aliphatic rings. The van der Waals surface area contributed by atoms with Gasteiger partial charge >= 0.3 is 0 Å². The summed E-state index contributed by atoms with van der Waals surface area (Å²) < 4.78 is 16.0. The van der Waals surface area contributed by atoms with Crippen LogP contribution in [-0.2, 0) is 0 Å². The predicted molar refractivity (Wildman–Crippen MR) is 123 cm³/mol. The van der Waals surface area contributed by atoms with Gasteiger partial charge in [-0.3, -0.25) is 0 Å². The summed E-state index contributed by atoms with van der Waals surface area (Å²) in [5.41, 5.74) is 11.5. The molecule has 7 heteroatoms. The van der Waals surface area contributed by atoms with E-state index >= 15 is 0 Å². The number of aromatic hydroxyl groups is 1. The number of nitrogens with zero attached hydrogens (tertiary/aromatic N) is 4. The molecule has 2 heterocycles. The zero-order chi connectivity index (χ0) is 22.4. The number of benzene rings is 2. The van der Waals surface area contributed by atoms with Gasteiger partial charge in [-0.05, 0) is 60.9 Å². The van der Waals surface area contributed by atoms with Crippen molar-refractivity contribution in [1.29, 1.82) is 0 Å². The smallest absolute Gasteiger partial charge is 0.164 e. The summed E-state index contributed by atoms with van der Waals surface area (Å²) in [6.07, 6.45) is 5.73. The van der Waals surface area contributed by atoms with E-state index in [4.69, 9.17) is 10.8 Å². The normalized spacial score (nSPS) is 14.7. The first-order chi connectivity index (χ1) is 15.5. The Bertz CT molecular complexity index is 1290. The van der Waals surface area contributed by atoms with Gasteiger partial charge in [-0.15, -0.1) is 0 Å². The van der Waals surface area contributed by atoms with Gasteiger partial charge in [0.2, 0.25) is 0 Å². The average Bonchev–Trinajstić information content (AvgIpc) is 3.53. The van der Waals surface area contributed by atoms with Crippen LogP contribution < -0.4 is 5.73 Å². The van der Waals surface area contributed by atoms with Crippen LogP contribution in [0, 0.1) is 12.7 Å². The van der Waals surface area contributed by atoms with Gasteiger partial charge in [0.15, 0.2) is 5.65 Å². The summed E-state index contributed by atoms with van der Waals surface area (Å²) >= 11 is 0. The standard InChI is InChI=1S/C25H26FN5O/c1-3-4-21(20-11-16(15-7-8-15)6-5-14(20)2)31-25-22(24(27)28-13-29-25)23(30-31)17-9-18(26)12-19(32)10-17/h5-6,9-13,15,21,32H,3-4,7-8H2,1-2H3,(H2,27,28,29). The third-order valence-corrected chi connectivity index (χ3v) is 6.24. The molecule has 6 nitrogen and oxygen atoms in total. The van der Waals surface area contributed by atoms with Crippen LogP contribution in [0.3, 0.4) is 0 Å². The van der Waals surface area contributed by atoms with Crippen LogP contribution in [0.1, 0.15) is 61.3 Å². The van der Waals surface area contributed by atoms with E-state index in [1.54, 1.807) is 0 Å². The van der Waals surface area contributed by atoms with Gasteiger partial charge in [-0.1, -0.05) is 31.5 Å². The molecule has 4 aromatic rings. The number of rotatable bonds is 6. The second kappa shape index (κ2) is 7.89. The van der Waals surface area contributed by atoms with Crippen LogP contribution in [-0.4, -0.2) is 24.9 Å². The van der Waals surface area contributed by atoms with Crippen molar-refractivity contribution < 1.29 is 9.50 Å². The zero-order valence-corrected chi connectivity index (χ0v) is 18.2. The predicted octanol–water partition coefficient (Wildman–Crippen LogP) is 5.50. The van der Waals surface area contributed by atoms with Crippen molar-refractivity contribution in [2.75, 3.05) is 5.73 Å². The molecule has 5 rings (SSSR count). The molecule has 2 aromatic carbocycles. The van der Waals surface area contributed by atoms with E-state index in [9.17, 15) is 9.50 Å². The topological polar surface area (TPSA) is 89.8 Å². The van der Waals surface area contributed by atoms with Crippen molar-refractivity contribution in [1.82, 2.24) is 19.7 Å². The van der Waals surface area contributed by atoms with Gasteiger partial charge in [-0.25, -0.2) is 19.0 Å². The van der Waals surface area contributed by atoms with E-state index in [0.717, 1.165) is 18.9 Å². The SMILES string of the molecule is CCCC(c1cc(C2CC2)ccc1C)n1nc(-c2cc(O)cc(F)c2)c2c(N)ncnc21. The van der Waals surface area contributed by atoms with Crippen LogP contribution in [0.15, 0.2) is 42.7 Å². The number of aromatic nitrogens is 4. The highest BCUT2D eigenvalue weighted by molar-refractivity contribution is 5.98. The van der Waals surface area contributed by atoms with Crippen molar-refractivity contribution in [3.63, 3.8) is 0 Å². The van der Waals surface area contributed by atoms with Gasteiger partial charge in [-0.2, -0.15) is 5.10 Å². The average molecular weight is 432 g/mol. The minimum atomic E-state index is -0.545. The number of halogens is 1. The molecule has 1 fully saturated rings. The Balaban J connectivity index is 1.74. The molecule has 0 amide bonds. The van der Waals surface area contributed by atoms with Gasteiger partial charge in [0.05, 0.1) is 11.4 Å². The Hall–Kier alpha value is -3.48. The second-order valence-electron chi connectivity index (χ2n) is 8.64. The Morgan fingerprint density at radius 1 is 1.19 bits per heavy atom. The van der Waals surface area contributed by atoms with Gasteiger partial charge in [0.25, 0.3) is 0 Å². The van der Waals surface area contributed by atoms with Crippen LogP contribution in [0.25, 0.3) is 22.3 Å². The van der Waals surface area contributed by atoms with Crippen LogP contribution >= 0.6 is 0 Å². The maximum atomic E-state index is 14.1. The van der Waals surface area contributed by atoms with E-state index in [2.05, 4.69) is 42.0 Å². The van der Waals surface area contributed by atoms with Crippen LogP contribution in [0.4, 0.5) is 10.2 Å². The summed E-state index contributed by atoms with van der Waals surface area (Å²) in [4.78, 5) is 8.66. The molecule has 0 spiro atoms. The maximum Gasteiger partial charge on any atom is 0.164 e. The lowest BCUT2D eigenvalue weighted by atomic mass is 9.94. The lowest BCUT2D eigenvalue weighted by Gasteiger charge is -2.21. The fraction of sp³-hybridized carbons (Fsp3) is 0.320. The summed E-state index contributed by atoms with van der Waals surface area (Å²) in [6.45, 7) is 4.27. The quantitative estimate of drug-likeness (QED) is 0.421. The number of phenolic OH excluding ortho intramolecular Hbond substituents is 1. The van der Waals surface area contributed by atoms with E-state index in [-0.39, 0.29) is 17.6 Å². The van der Waals surface area contributed by atoms with Crippen molar-refractivity contribution in [3.05, 3.63) is 65.2 Å². The largest absolute Gasteiger partial charge is 0.508 e. The fourth-order valence-electron chi connectivity index (χ4n) is 4.50. The van der Waals surface area contributed by atoms with E-state index in [1.165, 1.54) is 48.0 Å². The molecule has 32 heavy (non-hydrogen) atoms. The first kappa shape index (κ1) is 20.4. The number of hydrogen-bond donors (Lipinski definition) is 2. The Kier molecular flexibility index (Phi) is 5.04. The monoisotopic (exact) mass is 431 g/mol. The first-order valence-corrected chi connectivity index (χ1v) is 11.0. The molecule has 0 saturated heterocycles. The van der Waals surface area contributed by atoms with Crippen LogP contribution in [0.2, 0.25) is 0 Å². The second-order valence-corrected chi connectivity index (χ2v) is 8.64. The van der Waals surface area contributed by atoms with Crippen molar-refractivity contribution in [3.8, 4) is 17.0 Å². The summed E-state index contributed by atoms with van der Waals surface area (Å²) in [5, 5.41) is 15.4. The van der Waals surface area contributed by atoms with Gasteiger partial charge in [0, 0.05) is 11.6 Å². The van der Waals surface area contributed by atoms with Crippen LogP contribution in [0.5, 0.6) is 5.75 Å². The number of fused-ring (bicyclic) bond motifs is 1. The minimum absolute atomic E-state index is 0.0496. The number of nitrogen functional groups attached to an aromatic ring is 1. The first-order valence-electron chi connectivity index (χ1n) is 11.0.